The van der Waals surface area contributed by atoms with Gasteiger partial charge in [0, 0.05) is 19.3 Å². The van der Waals surface area contributed by atoms with Crippen LogP contribution >= 0.6 is 11.8 Å². The standard InChI is InChI=1S/C13H14N4O2S/c1-16-12(19)14-15-13(16)20-8-11(18)17-7-6-9-4-2-3-5-10(9)17/h2-5H,6-8H2,1H3,(H,14,19). The van der Waals surface area contributed by atoms with Gasteiger partial charge in [0.15, 0.2) is 5.16 Å². The monoisotopic (exact) mass is 290 g/mol. The van der Waals surface area contributed by atoms with Crippen LogP contribution in [0.1, 0.15) is 5.56 Å². The fourth-order valence-electron chi connectivity index (χ4n) is 2.26. The average Bonchev–Trinajstić information content (AvgIpc) is 3.02. The first-order valence-corrected chi connectivity index (χ1v) is 7.28. The van der Waals surface area contributed by atoms with Crippen LogP contribution < -0.4 is 10.6 Å². The zero-order valence-corrected chi connectivity index (χ0v) is 11.8. The number of anilines is 1. The molecule has 20 heavy (non-hydrogen) atoms. The van der Waals surface area contributed by atoms with Crippen molar-refractivity contribution in [2.24, 2.45) is 7.05 Å². The Kier molecular flexibility index (Phi) is 3.35. The Labute approximate surface area is 119 Å². The van der Waals surface area contributed by atoms with Crippen molar-refractivity contribution in [1.29, 1.82) is 0 Å². The molecule has 0 aliphatic carbocycles. The normalized spacial score (nSPS) is 13.6. The van der Waals surface area contributed by atoms with E-state index in [-0.39, 0.29) is 17.3 Å². The highest BCUT2D eigenvalue weighted by Gasteiger charge is 2.24. The average molecular weight is 290 g/mol. The van der Waals surface area contributed by atoms with Crippen LogP contribution in [0.2, 0.25) is 0 Å². The molecule has 3 rings (SSSR count). The van der Waals surface area contributed by atoms with Gasteiger partial charge in [0.25, 0.3) is 0 Å². The van der Waals surface area contributed by atoms with Crippen LogP contribution in [0.4, 0.5) is 5.69 Å². The second kappa shape index (κ2) is 5.16. The van der Waals surface area contributed by atoms with E-state index in [0.29, 0.717) is 5.16 Å². The number of H-pyrrole nitrogens is 1. The van der Waals surface area contributed by atoms with Crippen molar-refractivity contribution in [2.45, 2.75) is 11.6 Å². The fourth-order valence-corrected chi connectivity index (χ4v) is 3.06. The third kappa shape index (κ3) is 2.24. The highest BCUT2D eigenvalue weighted by molar-refractivity contribution is 7.99. The number of rotatable bonds is 3. The van der Waals surface area contributed by atoms with Crippen LogP contribution in [0.15, 0.2) is 34.2 Å². The first-order valence-electron chi connectivity index (χ1n) is 6.29. The molecule has 2 heterocycles. The van der Waals surface area contributed by atoms with Crippen molar-refractivity contribution in [3.8, 4) is 0 Å². The van der Waals surface area contributed by atoms with Gasteiger partial charge in [-0.1, -0.05) is 30.0 Å². The molecule has 0 atom stereocenters. The molecular weight excluding hydrogens is 276 g/mol. The number of nitrogens with zero attached hydrogens (tertiary/aromatic N) is 3. The van der Waals surface area contributed by atoms with Gasteiger partial charge >= 0.3 is 5.69 Å². The van der Waals surface area contributed by atoms with E-state index >= 15 is 0 Å². The number of thioether (sulfide) groups is 1. The SMILES string of the molecule is Cn1c(SCC(=O)N2CCc3ccccc32)n[nH]c1=O. The van der Waals surface area contributed by atoms with Gasteiger partial charge in [0.1, 0.15) is 0 Å². The summed E-state index contributed by atoms with van der Waals surface area (Å²) in [5, 5.41) is 6.76. The van der Waals surface area contributed by atoms with Crippen LogP contribution in [0, 0.1) is 0 Å². The topological polar surface area (TPSA) is 71.0 Å². The summed E-state index contributed by atoms with van der Waals surface area (Å²) >= 11 is 1.27. The molecule has 1 aliphatic heterocycles. The Morgan fingerprint density at radius 2 is 2.25 bits per heavy atom. The predicted octanol–water partition coefficient (Wildman–Crippen LogP) is 0.790. The van der Waals surface area contributed by atoms with Crippen molar-refractivity contribution in [3.63, 3.8) is 0 Å². The number of hydrogen-bond donors (Lipinski definition) is 1. The number of benzene rings is 1. The lowest BCUT2D eigenvalue weighted by Gasteiger charge is -2.16. The molecule has 7 heteroatoms. The number of carbonyl (C=O) groups excluding carboxylic acids is 1. The van der Waals surface area contributed by atoms with E-state index in [1.807, 2.05) is 24.3 Å². The zero-order valence-electron chi connectivity index (χ0n) is 11.0. The molecule has 6 nitrogen and oxygen atoms in total. The fraction of sp³-hybridized carbons (Fsp3) is 0.308. The Hall–Kier alpha value is -2.02. The number of amides is 1. The van der Waals surface area contributed by atoms with E-state index in [1.54, 1.807) is 11.9 Å². The van der Waals surface area contributed by atoms with Crippen molar-refractivity contribution in [1.82, 2.24) is 14.8 Å². The number of aromatic nitrogens is 3. The molecule has 0 radical (unpaired) electrons. The lowest BCUT2D eigenvalue weighted by atomic mass is 10.2. The summed E-state index contributed by atoms with van der Waals surface area (Å²) in [5.74, 6) is 0.308. The summed E-state index contributed by atoms with van der Waals surface area (Å²) in [6.07, 6.45) is 0.896. The van der Waals surface area contributed by atoms with Gasteiger partial charge in [0.05, 0.1) is 5.75 Å². The summed E-state index contributed by atoms with van der Waals surface area (Å²) in [6.45, 7) is 0.720. The minimum atomic E-state index is -0.272. The summed E-state index contributed by atoms with van der Waals surface area (Å²) < 4.78 is 1.40. The summed E-state index contributed by atoms with van der Waals surface area (Å²) in [5.41, 5.74) is 1.93. The van der Waals surface area contributed by atoms with Gasteiger partial charge in [-0.15, -0.1) is 5.10 Å². The van der Waals surface area contributed by atoms with Crippen LogP contribution in [0.5, 0.6) is 0 Å². The Balaban J connectivity index is 1.69. The molecule has 1 aromatic carbocycles. The van der Waals surface area contributed by atoms with Gasteiger partial charge in [-0.25, -0.2) is 9.89 Å². The molecule has 0 spiro atoms. The van der Waals surface area contributed by atoms with E-state index in [1.165, 1.54) is 21.9 Å². The van der Waals surface area contributed by atoms with Gasteiger partial charge in [-0.05, 0) is 18.1 Å². The first kappa shape index (κ1) is 13.0. The maximum atomic E-state index is 12.3. The van der Waals surface area contributed by atoms with E-state index in [2.05, 4.69) is 10.2 Å². The minimum absolute atomic E-state index is 0.0374. The third-order valence-electron chi connectivity index (χ3n) is 3.35. The molecule has 0 saturated carbocycles. The van der Waals surface area contributed by atoms with Gasteiger partial charge in [0.2, 0.25) is 5.91 Å². The molecule has 0 bridgehead atoms. The molecule has 104 valence electrons. The van der Waals surface area contributed by atoms with Crippen molar-refractivity contribution >= 4 is 23.4 Å². The minimum Gasteiger partial charge on any atom is -0.311 e. The van der Waals surface area contributed by atoms with Crippen molar-refractivity contribution in [3.05, 3.63) is 40.3 Å². The Morgan fingerprint density at radius 1 is 1.45 bits per heavy atom. The molecule has 0 fully saturated rings. The van der Waals surface area contributed by atoms with Crippen LogP contribution in [-0.4, -0.2) is 33.0 Å². The van der Waals surface area contributed by atoms with Gasteiger partial charge < -0.3 is 4.90 Å². The van der Waals surface area contributed by atoms with Gasteiger partial charge in [-0.2, -0.15) is 0 Å². The Morgan fingerprint density at radius 3 is 3.00 bits per heavy atom. The number of aromatic amines is 1. The number of fused-ring (bicyclic) bond motifs is 1. The van der Waals surface area contributed by atoms with Crippen molar-refractivity contribution < 1.29 is 4.79 Å². The second-order valence-corrected chi connectivity index (χ2v) is 5.53. The highest BCUT2D eigenvalue weighted by Crippen LogP contribution is 2.28. The van der Waals surface area contributed by atoms with E-state index in [4.69, 9.17) is 0 Å². The Bertz CT molecular complexity index is 706. The predicted molar refractivity (Wildman–Crippen MR) is 77.1 cm³/mol. The smallest absolute Gasteiger partial charge is 0.311 e. The molecule has 1 aliphatic rings. The molecule has 0 unspecified atom stereocenters. The lowest BCUT2D eigenvalue weighted by molar-refractivity contribution is -0.116. The highest BCUT2D eigenvalue weighted by atomic mass is 32.2. The zero-order chi connectivity index (χ0) is 14.1. The maximum Gasteiger partial charge on any atom is 0.343 e. The molecule has 0 saturated heterocycles. The second-order valence-electron chi connectivity index (χ2n) is 4.58. The van der Waals surface area contributed by atoms with Gasteiger partial charge in [-0.3, -0.25) is 9.36 Å². The summed E-state index contributed by atoms with van der Waals surface area (Å²) in [6, 6.07) is 7.94. The van der Waals surface area contributed by atoms with Crippen LogP contribution in [-0.2, 0) is 18.3 Å². The van der Waals surface area contributed by atoms with E-state index in [9.17, 15) is 9.59 Å². The number of carbonyl (C=O) groups is 1. The number of hydrogen-bond acceptors (Lipinski definition) is 4. The molecule has 1 aromatic heterocycles. The largest absolute Gasteiger partial charge is 0.343 e. The molecule has 1 N–H and O–H groups in total. The quantitative estimate of drug-likeness (QED) is 0.848. The van der Waals surface area contributed by atoms with Crippen molar-refractivity contribution in [2.75, 3.05) is 17.2 Å². The first-order chi connectivity index (χ1) is 9.66. The van der Waals surface area contributed by atoms with E-state index in [0.717, 1.165) is 18.7 Å². The van der Waals surface area contributed by atoms with Crippen LogP contribution in [0.25, 0.3) is 0 Å². The third-order valence-corrected chi connectivity index (χ3v) is 4.37. The summed E-state index contributed by atoms with van der Waals surface area (Å²) in [7, 11) is 1.63. The van der Waals surface area contributed by atoms with E-state index < -0.39 is 0 Å². The number of para-hydroxylation sites is 1. The molecule has 1 amide bonds. The lowest BCUT2D eigenvalue weighted by Crippen LogP contribution is -2.30. The molecular formula is C13H14N4O2S. The maximum absolute atomic E-state index is 12.3. The summed E-state index contributed by atoms with van der Waals surface area (Å²) in [4.78, 5) is 25.3. The number of nitrogens with one attached hydrogen (secondary N) is 1. The van der Waals surface area contributed by atoms with Crippen LogP contribution in [0.3, 0.4) is 0 Å². The molecule has 2 aromatic rings.